The molecule has 0 amide bonds. The largest absolute Gasteiger partial charge is 0.373 e. The van der Waals surface area contributed by atoms with E-state index in [1.807, 2.05) is 0 Å². The van der Waals surface area contributed by atoms with Crippen LogP contribution in [0.2, 0.25) is 0 Å². The van der Waals surface area contributed by atoms with Gasteiger partial charge in [0.25, 0.3) is 0 Å². The lowest BCUT2D eigenvalue weighted by Gasteiger charge is -2.56. The van der Waals surface area contributed by atoms with E-state index in [2.05, 4.69) is 27.4 Å². The fourth-order valence-electron chi connectivity index (χ4n) is 4.28. The van der Waals surface area contributed by atoms with Crippen LogP contribution in [0.5, 0.6) is 0 Å². The second-order valence-corrected chi connectivity index (χ2v) is 6.80. The molecule has 2 saturated carbocycles. The van der Waals surface area contributed by atoms with E-state index < -0.39 is 0 Å². The number of ether oxygens (including phenoxy) is 1. The zero-order valence-corrected chi connectivity index (χ0v) is 10.9. The average molecular weight is 220 g/mol. The highest BCUT2D eigenvalue weighted by Gasteiger charge is 2.57. The summed E-state index contributed by atoms with van der Waals surface area (Å²) < 4.78 is 5.61. The van der Waals surface area contributed by atoms with Crippen molar-refractivity contribution in [1.82, 2.24) is 0 Å². The van der Waals surface area contributed by atoms with Gasteiger partial charge in [0.1, 0.15) is 0 Å². The van der Waals surface area contributed by atoms with E-state index in [0.717, 1.165) is 18.4 Å². The summed E-state index contributed by atoms with van der Waals surface area (Å²) in [5.74, 6) is 1.54. The smallest absolute Gasteiger partial charge is 0.0869 e. The van der Waals surface area contributed by atoms with Crippen molar-refractivity contribution in [2.75, 3.05) is 6.61 Å². The Balaban J connectivity index is 1.94. The normalized spacial score (nSPS) is 56.2. The summed E-state index contributed by atoms with van der Waals surface area (Å²) in [6.45, 7) is 12.8. The number of rotatable bonds is 1. The molecule has 16 heavy (non-hydrogen) atoms. The van der Waals surface area contributed by atoms with E-state index in [-0.39, 0.29) is 0 Å². The molecule has 0 spiro atoms. The molecule has 0 aromatic carbocycles. The van der Waals surface area contributed by atoms with Gasteiger partial charge in [-0.3, -0.25) is 0 Å². The van der Waals surface area contributed by atoms with Crippen molar-refractivity contribution in [2.45, 2.75) is 52.6 Å². The van der Waals surface area contributed by atoms with Gasteiger partial charge >= 0.3 is 0 Å². The minimum atomic E-state index is 0.400. The molecule has 1 nitrogen and oxygen atoms in total. The van der Waals surface area contributed by atoms with Gasteiger partial charge in [-0.15, -0.1) is 0 Å². The van der Waals surface area contributed by atoms with E-state index >= 15 is 0 Å². The van der Waals surface area contributed by atoms with Crippen molar-refractivity contribution in [2.24, 2.45) is 22.7 Å². The van der Waals surface area contributed by atoms with Gasteiger partial charge in [0.15, 0.2) is 0 Å². The van der Waals surface area contributed by atoms with Crippen LogP contribution in [0.4, 0.5) is 0 Å². The second kappa shape index (κ2) is 3.13. The fraction of sp³-hybridized carbons (Fsp3) is 0.867. The van der Waals surface area contributed by atoms with Gasteiger partial charge in [0.2, 0.25) is 0 Å². The van der Waals surface area contributed by atoms with Crippen molar-refractivity contribution in [3.63, 3.8) is 0 Å². The van der Waals surface area contributed by atoms with Crippen molar-refractivity contribution in [3.8, 4) is 0 Å². The Kier molecular flexibility index (Phi) is 2.12. The molecule has 2 aliphatic carbocycles. The zero-order chi connectivity index (χ0) is 11.6. The minimum absolute atomic E-state index is 0.400. The van der Waals surface area contributed by atoms with Crippen LogP contribution in [0.1, 0.15) is 46.5 Å². The Morgan fingerprint density at radius 3 is 2.56 bits per heavy atom. The van der Waals surface area contributed by atoms with E-state index in [9.17, 15) is 0 Å². The first kappa shape index (κ1) is 10.8. The molecule has 1 saturated heterocycles. The highest BCUT2D eigenvalue weighted by atomic mass is 16.6. The first-order chi connectivity index (χ1) is 7.48. The third-order valence-electron chi connectivity index (χ3n) is 6.18. The Morgan fingerprint density at radius 2 is 1.94 bits per heavy atom. The highest BCUT2D eigenvalue weighted by Crippen LogP contribution is 2.63. The molecule has 0 N–H and O–H groups in total. The topological polar surface area (TPSA) is 12.5 Å². The number of allylic oxidation sites excluding steroid dienone is 1. The summed E-state index contributed by atoms with van der Waals surface area (Å²) in [7, 11) is 0. The molecule has 90 valence electrons. The predicted octanol–water partition coefficient (Wildman–Crippen LogP) is 3.79. The predicted molar refractivity (Wildman–Crippen MR) is 66.2 cm³/mol. The van der Waals surface area contributed by atoms with Crippen LogP contribution in [-0.2, 0) is 4.74 Å². The maximum Gasteiger partial charge on any atom is 0.0869 e. The number of epoxide rings is 1. The number of hydrogen-bond donors (Lipinski definition) is 0. The third-order valence-corrected chi connectivity index (χ3v) is 6.18. The van der Waals surface area contributed by atoms with Gasteiger partial charge < -0.3 is 4.74 Å². The Hall–Kier alpha value is -0.300. The maximum absolute atomic E-state index is 5.61. The monoisotopic (exact) mass is 220 g/mol. The van der Waals surface area contributed by atoms with E-state index in [1.54, 1.807) is 0 Å². The maximum atomic E-state index is 5.61. The van der Waals surface area contributed by atoms with Gasteiger partial charge in [0.05, 0.1) is 12.7 Å². The lowest BCUT2D eigenvalue weighted by molar-refractivity contribution is 0.00270. The van der Waals surface area contributed by atoms with Crippen molar-refractivity contribution in [1.29, 1.82) is 0 Å². The Bertz CT molecular complexity index is 330. The first-order valence-electron chi connectivity index (χ1n) is 6.79. The van der Waals surface area contributed by atoms with Crippen LogP contribution in [-0.4, -0.2) is 12.7 Å². The number of hydrogen-bond acceptors (Lipinski definition) is 1. The van der Waals surface area contributed by atoms with Crippen LogP contribution >= 0.6 is 0 Å². The minimum Gasteiger partial charge on any atom is -0.373 e. The van der Waals surface area contributed by atoms with E-state index in [1.165, 1.54) is 31.3 Å². The zero-order valence-electron chi connectivity index (χ0n) is 10.9. The first-order valence-corrected chi connectivity index (χ1v) is 6.79. The van der Waals surface area contributed by atoms with Crippen LogP contribution in [0.3, 0.4) is 0 Å². The molecule has 3 fully saturated rings. The summed E-state index contributed by atoms with van der Waals surface area (Å²) >= 11 is 0. The fourth-order valence-corrected chi connectivity index (χ4v) is 4.28. The van der Waals surface area contributed by atoms with Crippen LogP contribution in [0, 0.1) is 22.7 Å². The van der Waals surface area contributed by atoms with Crippen LogP contribution in [0.15, 0.2) is 12.2 Å². The lowest BCUT2D eigenvalue weighted by atomic mass is 9.48. The summed E-state index contributed by atoms with van der Waals surface area (Å²) in [4.78, 5) is 0. The van der Waals surface area contributed by atoms with Gasteiger partial charge in [-0.25, -0.2) is 0 Å². The molecule has 1 heteroatoms. The van der Waals surface area contributed by atoms with Crippen LogP contribution in [0.25, 0.3) is 0 Å². The van der Waals surface area contributed by atoms with E-state index in [0.29, 0.717) is 16.9 Å². The van der Waals surface area contributed by atoms with Gasteiger partial charge in [-0.2, -0.15) is 0 Å². The van der Waals surface area contributed by atoms with E-state index in [4.69, 9.17) is 4.74 Å². The summed E-state index contributed by atoms with van der Waals surface area (Å²) in [5, 5.41) is 0. The van der Waals surface area contributed by atoms with Gasteiger partial charge in [-0.05, 0) is 42.9 Å². The quantitative estimate of drug-likeness (QED) is 0.484. The van der Waals surface area contributed by atoms with Crippen LogP contribution < -0.4 is 0 Å². The summed E-state index contributed by atoms with van der Waals surface area (Å²) in [6.07, 6.45) is 5.91. The molecule has 0 aromatic heterocycles. The Labute approximate surface area is 99.3 Å². The molecule has 1 aliphatic heterocycles. The molecular formula is C15H24O. The molecule has 3 aliphatic rings. The SMILES string of the molecule is C=C1[C@H]2CC[C@@H](C)[C@]1(C)CC[C@]2(C)[C@H]1CO1. The Morgan fingerprint density at radius 1 is 1.25 bits per heavy atom. The third kappa shape index (κ3) is 1.21. The van der Waals surface area contributed by atoms with Gasteiger partial charge in [0, 0.05) is 5.41 Å². The van der Waals surface area contributed by atoms with Crippen molar-refractivity contribution < 1.29 is 4.74 Å². The molecular weight excluding hydrogens is 196 g/mol. The lowest BCUT2D eigenvalue weighted by Crippen LogP contribution is -2.49. The molecule has 0 aromatic rings. The molecule has 0 radical (unpaired) electrons. The van der Waals surface area contributed by atoms with Gasteiger partial charge in [-0.1, -0.05) is 32.9 Å². The summed E-state index contributed by atoms with van der Waals surface area (Å²) in [6, 6.07) is 0. The molecule has 3 rings (SSSR count). The number of fused-ring (bicyclic) bond motifs is 2. The second-order valence-electron chi connectivity index (χ2n) is 6.80. The summed E-state index contributed by atoms with van der Waals surface area (Å²) in [5.41, 5.74) is 2.35. The highest BCUT2D eigenvalue weighted by molar-refractivity contribution is 5.25. The molecule has 1 heterocycles. The average Bonchev–Trinajstić information content (AvgIpc) is 3.05. The molecule has 5 atom stereocenters. The molecule has 0 unspecified atom stereocenters. The standard InChI is InChI=1S/C15H24O/c1-10-5-6-12-11(2)14(10,3)7-8-15(12,4)13-9-16-13/h10,12-13H,2,5-9H2,1,3-4H3/t10-,12-,13-,14+,15+/m1/s1. The van der Waals surface area contributed by atoms with Crippen molar-refractivity contribution >= 4 is 0 Å². The molecule has 2 bridgehead atoms. The van der Waals surface area contributed by atoms with Crippen molar-refractivity contribution in [3.05, 3.63) is 12.2 Å².